The number of aryl methyl sites for hydroxylation is 1. The molecule has 4 aromatic carbocycles. The van der Waals surface area contributed by atoms with Crippen molar-refractivity contribution in [1.29, 1.82) is 0 Å². The number of aromatic hydroxyl groups is 1. The number of carbonyl (C=O) groups excluding carboxylic acids is 1. The number of ether oxygens (including phenoxy) is 1. The van der Waals surface area contributed by atoms with Crippen molar-refractivity contribution in [3.8, 4) is 5.75 Å². The molecule has 0 aromatic heterocycles. The molecule has 0 radical (unpaired) electrons. The Morgan fingerprint density at radius 2 is 1.81 bits per heavy atom. The summed E-state index contributed by atoms with van der Waals surface area (Å²) in [6.45, 7) is 4.33. The quantitative estimate of drug-likeness (QED) is 0.368. The predicted molar refractivity (Wildman–Crippen MR) is 127 cm³/mol. The van der Waals surface area contributed by atoms with Crippen molar-refractivity contribution in [3.63, 3.8) is 0 Å². The lowest BCUT2D eigenvalue weighted by Gasteiger charge is -2.32. The summed E-state index contributed by atoms with van der Waals surface area (Å²) in [6.07, 6.45) is 2.43. The second-order valence-electron chi connectivity index (χ2n) is 9.49. The molecule has 3 nitrogen and oxygen atoms in total. The topological polar surface area (TPSA) is 46.5 Å². The van der Waals surface area contributed by atoms with Crippen LogP contribution in [0.15, 0.2) is 66.7 Å². The molecule has 3 unspecified atom stereocenters. The van der Waals surface area contributed by atoms with E-state index in [4.69, 9.17) is 4.74 Å². The highest BCUT2D eigenvalue weighted by atomic mass is 16.6. The largest absolute Gasteiger partial charge is 0.507 e. The van der Waals surface area contributed by atoms with Crippen molar-refractivity contribution < 1.29 is 14.6 Å². The highest BCUT2D eigenvalue weighted by Crippen LogP contribution is 2.63. The molecular weight excluding hydrogens is 396 g/mol. The fourth-order valence-corrected chi connectivity index (χ4v) is 6.14. The Bertz CT molecular complexity index is 1400. The summed E-state index contributed by atoms with van der Waals surface area (Å²) in [5.74, 6) is 0.640. The first-order valence-corrected chi connectivity index (χ1v) is 11.5. The van der Waals surface area contributed by atoms with Crippen molar-refractivity contribution in [2.24, 2.45) is 5.92 Å². The number of phenolic OH excluding ortho intramolecular Hbond substituents is 1. The molecule has 1 saturated carbocycles. The predicted octanol–water partition coefficient (Wildman–Crippen LogP) is 6.84. The van der Waals surface area contributed by atoms with Gasteiger partial charge in [-0.1, -0.05) is 62.4 Å². The zero-order valence-electron chi connectivity index (χ0n) is 18.4. The number of rotatable bonds is 3. The first-order chi connectivity index (χ1) is 15.5. The third kappa shape index (κ3) is 2.63. The molecule has 0 saturated heterocycles. The van der Waals surface area contributed by atoms with Gasteiger partial charge in [-0.2, -0.15) is 0 Å². The summed E-state index contributed by atoms with van der Waals surface area (Å²) in [5.41, 5.74) is 3.08. The van der Waals surface area contributed by atoms with Gasteiger partial charge in [0.2, 0.25) is 0 Å². The highest BCUT2D eigenvalue weighted by Gasteiger charge is 2.56. The van der Waals surface area contributed by atoms with Gasteiger partial charge in [0.25, 0.3) is 0 Å². The maximum atomic E-state index is 13.3. The van der Waals surface area contributed by atoms with Crippen molar-refractivity contribution in [2.45, 2.75) is 44.6 Å². The Hall–Kier alpha value is -3.33. The minimum Gasteiger partial charge on any atom is -0.507 e. The number of benzene rings is 4. The minimum atomic E-state index is -0.672. The van der Waals surface area contributed by atoms with Crippen molar-refractivity contribution in [1.82, 2.24) is 0 Å². The number of hydrogen-bond acceptors (Lipinski definition) is 3. The Morgan fingerprint density at radius 3 is 2.62 bits per heavy atom. The fourth-order valence-electron chi connectivity index (χ4n) is 6.14. The van der Waals surface area contributed by atoms with Crippen LogP contribution in [0.1, 0.15) is 59.7 Å². The van der Waals surface area contributed by atoms with Crippen LogP contribution in [-0.4, -0.2) is 11.1 Å². The number of carbonyl (C=O) groups is 1. The van der Waals surface area contributed by atoms with Crippen molar-refractivity contribution >= 4 is 27.5 Å². The molecule has 4 aromatic rings. The molecule has 6 rings (SSSR count). The van der Waals surface area contributed by atoms with Crippen molar-refractivity contribution in [3.05, 3.63) is 89.0 Å². The lowest BCUT2D eigenvalue weighted by Crippen LogP contribution is -2.30. The van der Waals surface area contributed by atoms with Gasteiger partial charge in [0.1, 0.15) is 11.4 Å². The molecule has 0 spiro atoms. The van der Waals surface area contributed by atoms with Gasteiger partial charge in [0, 0.05) is 16.5 Å². The molecule has 2 bridgehead atoms. The molecule has 0 amide bonds. The first kappa shape index (κ1) is 19.4. The summed E-state index contributed by atoms with van der Waals surface area (Å²) < 4.78 is 6.35. The normalized spacial score (nSPS) is 23.6. The second-order valence-corrected chi connectivity index (χ2v) is 9.49. The molecule has 3 atom stereocenters. The summed E-state index contributed by atoms with van der Waals surface area (Å²) >= 11 is 0. The van der Waals surface area contributed by atoms with Gasteiger partial charge in [-0.15, -0.1) is 0 Å². The fraction of sp³-hybridized carbons (Fsp3) is 0.276. The van der Waals surface area contributed by atoms with Gasteiger partial charge in [-0.25, -0.2) is 4.79 Å². The molecule has 2 aliphatic carbocycles. The zero-order chi connectivity index (χ0) is 22.0. The van der Waals surface area contributed by atoms with Gasteiger partial charge >= 0.3 is 5.97 Å². The Kier molecular flexibility index (Phi) is 4.13. The molecule has 32 heavy (non-hydrogen) atoms. The number of esters is 1. The molecule has 1 fully saturated rings. The smallest absolute Gasteiger partial charge is 0.339 e. The van der Waals surface area contributed by atoms with Crippen LogP contribution >= 0.6 is 0 Å². The Balaban J connectivity index is 1.46. The van der Waals surface area contributed by atoms with Crippen LogP contribution in [0.3, 0.4) is 0 Å². The van der Waals surface area contributed by atoms with E-state index in [0.717, 1.165) is 51.9 Å². The third-order valence-electron chi connectivity index (χ3n) is 7.69. The Morgan fingerprint density at radius 1 is 1.00 bits per heavy atom. The van der Waals surface area contributed by atoms with E-state index in [9.17, 15) is 9.90 Å². The lowest BCUT2D eigenvalue weighted by atomic mass is 9.80. The summed E-state index contributed by atoms with van der Waals surface area (Å²) in [6, 6.07) is 22.1. The van der Waals surface area contributed by atoms with E-state index in [1.165, 1.54) is 5.56 Å². The maximum absolute atomic E-state index is 13.3. The zero-order valence-corrected chi connectivity index (χ0v) is 18.4. The average Bonchev–Trinajstić information content (AvgIpc) is 3.30. The van der Waals surface area contributed by atoms with Crippen LogP contribution in [-0.2, 0) is 16.8 Å². The van der Waals surface area contributed by atoms with Crippen LogP contribution in [0, 0.1) is 5.92 Å². The number of hydrogen-bond donors (Lipinski definition) is 1. The molecule has 0 heterocycles. The lowest BCUT2D eigenvalue weighted by molar-refractivity contribution is -0.0179. The standard InChI is InChI=1S/C29H26O3/c1-3-18-9-6-10-22-23(18)14-25-26(27(22)30)24-16-29(25,15-17(24)2)32-28(31)21-12-11-19-7-4-5-8-20(19)13-21/h4-14,17,24,30H,3,15-16H2,1-2H3. The molecule has 1 N–H and O–H groups in total. The number of fused-ring (bicyclic) bond motifs is 7. The highest BCUT2D eigenvalue weighted by molar-refractivity contribution is 5.97. The van der Waals surface area contributed by atoms with Crippen LogP contribution in [0.5, 0.6) is 5.75 Å². The van der Waals surface area contributed by atoms with Crippen LogP contribution in [0.25, 0.3) is 21.5 Å². The van der Waals surface area contributed by atoms with E-state index in [-0.39, 0.29) is 11.9 Å². The van der Waals surface area contributed by atoms with Crippen LogP contribution < -0.4 is 0 Å². The van der Waals surface area contributed by atoms with Gasteiger partial charge in [-0.3, -0.25) is 0 Å². The third-order valence-corrected chi connectivity index (χ3v) is 7.69. The van der Waals surface area contributed by atoms with Gasteiger partial charge in [0.05, 0.1) is 5.56 Å². The average molecular weight is 423 g/mol. The van der Waals surface area contributed by atoms with Gasteiger partial charge in [0.15, 0.2) is 0 Å². The van der Waals surface area contributed by atoms with Crippen LogP contribution in [0.4, 0.5) is 0 Å². The second kappa shape index (κ2) is 6.83. The molecule has 2 aliphatic rings. The van der Waals surface area contributed by atoms with Crippen molar-refractivity contribution in [2.75, 3.05) is 0 Å². The first-order valence-electron chi connectivity index (χ1n) is 11.5. The molecule has 160 valence electrons. The van der Waals surface area contributed by atoms with E-state index in [0.29, 0.717) is 17.2 Å². The SMILES string of the molecule is CCc1cccc2c(O)c3c(cc12)C1(OC(=O)c2ccc4ccccc4c2)CC(C)C3C1. The van der Waals surface area contributed by atoms with E-state index in [1.54, 1.807) is 0 Å². The summed E-state index contributed by atoms with van der Waals surface area (Å²) in [4.78, 5) is 13.3. The monoisotopic (exact) mass is 422 g/mol. The Labute approximate surface area is 187 Å². The van der Waals surface area contributed by atoms with E-state index < -0.39 is 5.60 Å². The summed E-state index contributed by atoms with van der Waals surface area (Å²) in [7, 11) is 0. The number of phenols is 1. The van der Waals surface area contributed by atoms with Crippen LogP contribution in [0.2, 0.25) is 0 Å². The van der Waals surface area contributed by atoms with E-state index in [1.807, 2.05) is 54.6 Å². The maximum Gasteiger partial charge on any atom is 0.339 e. The van der Waals surface area contributed by atoms with E-state index in [2.05, 4.69) is 26.0 Å². The van der Waals surface area contributed by atoms with Gasteiger partial charge < -0.3 is 9.84 Å². The van der Waals surface area contributed by atoms with E-state index >= 15 is 0 Å². The van der Waals surface area contributed by atoms with Gasteiger partial charge in [-0.05, 0) is 71.0 Å². The molecule has 3 heteroatoms. The minimum absolute atomic E-state index is 0.212. The summed E-state index contributed by atoms with van der Waals surface area (Å²) in [5, 5.41) is 15.4. The molecule has 0 aliphatic heterocycles. The molecular formula is C29H26O3.